The van der Waals surface area contributed by atoms with Crippen LogP contribution < -0.4 is 0 Å². The molecule has 0 fully saturated rings. The molecule has 2 N–H and O–H groups in total. The van der Waals surface area contributed by atoms with Gasteiger partial charge in [0.2, 0.25) is 0 Å². The summed E-state index contributed by atoms with van der Waals surface area (Å²) in [5.74, 6) is -4.81. The molecule has 0 aliphatic heterocycles. The second kappa shape index (κ2) is 4.63. The zero-order chi connectivity index (χ0) is 9.72. The Kier molecular flexibility index (Phi) is 4.17. The number of aliphatic carboxylic acids is 2. The first kappa shape index (κ1) is 10.8. The summed E-state index contributed by atoms with van der Waals surface area (Å²) in [4.78, 5) is 20.0. The highest BCUT2D eigenvalue weighted by Gasteiger charge is 2.28. The third kappa shape index (κ3) is 3.85. The number of hydrogen-bond acceptors (Lipinski definition) is 2. The second-order valence-corrected chi connectivity index (χ2v) is 2.21. The monoisotopic (exact) mass is 182 g/mol. The summed E-state index contributed by atoms with van der Waals surface area (Å²) >= 11 is 0. The van der Waals surface area contributed by atoms with Gasteiger partial charge in [0.05, 0.1) is 0 Å². The molecule has 0 amide bonds. The molecule has 1 unspecified atom stereocenters. The molecule has 0 aliphatic rings. The molecule has 0 aromatic heterocycles. The molecule has 0 heterocycles. The number of halogens is 2. The molecule has 0 aromatic carbocycles. The molecular weight excluding hydrogens is 174 g/mol. The Balaban J connectivity index is 3.97. The van der Waals surface area contributed by atoms with E-state index in [2.05, 4.69) is 0 Å². The van der Waals surface area contributed by atoms with Crippen molar-refractivity contribution in [3.8, 4) is 0 Å². The van der Waals surface area contributed by atoms with Gasteiger partial charge in [-0.05, 0) is 6.42 Å². The minimum absolute atomic E-state index is 0.539. The molecule has 6 heteroatoms. The van der Waals surface area contributed by atoms with Crippen molar-refractivity contribution in [2.24, 2.45) is 5.92 Å². The van der Waals surface area contributed by atoms with Crippen molar-refractivity contribution in [3.63, 3.8) is 0 Å². The van der Waals surface area contributed by atoms with E-state index in [-0.39, 0.29) is 0 Å². The van der Waals surface area contributed by atoms with Crippen LogP contribution in [0.3, 0.4) is 0 Å². The second-order valence-electron chi connectivity index (χ2n) is 2.21. The van der Waals surface area contributed by atoms with E-state index >= 15 is 0 Å². The third-order valence-electron chi connectivity index (χ3n) is 1.29. The summed E-state index contributed by atoms with van der Waals surface area (Å²) in [5.41, 5.74) is 0. The van der Waals surface area contributed by atoms with Crippen molar-refractivity contribution < 1.29 is 28.6 Å². The van der Waals surface area contributed by atoms with Gasteiger partial charge < -0.3 is 10.2 Å². The third-order valence-corrected chi connectivity index (χ3v) is 1.29. The van der Waals surface area contributed by atoms with Crippen LogP contribution in [0.1, 0.15) is 12.8 Å². The lowest BCUT2D eigenvalue weighted by Crippen LogP contribution is -2.22. The zero-order valence-corrected chi connectivity index (χ0v) is 6.04. The van der Waals surface area contributed by atoms with Crippen LogP contribution in [0.5, 0.6) is 0 Å². The van der Waals surface area contributed by atoms with E-state index in [1.54, 1.807) is 0 Å². The van der Waals surface area contributed by atoms with Gasteiger partial charge in [0.15, 0.2) is 0 Å². The minimum Gasteiger partial charge on any atom is -0.481 e. The van der Waals surface area contributed by atoms with Gasteiger partial charge >= 0.3 is 11.9 Å². The summed E-state index contributed by atoms with van der Waals surface area (Å²) < 4.78 is 23.7. The molecule has 0 spiro atoms. The van der Waals surface area contributed by atoms with Crippen molar-refractivity contribution in [3.05, 3.63) is 0 Å². The number of carboxylic acid groups (broad SMARTS) is 2. The molecule has 0 aromatic rings. The van der Waals surface area contributed by atoms with Crippen molar-refractivity contribution in [2.75, 3.05) is 0 Å². The molecule has 0 aliphatic carbocycles. The molecule has 0 saturated heterocycles. The molecule has 70 valence electrons. The van der Waals surface area contributed by atoms with Crippen LogP contribution in [0.2, 0.25) is 0 Å². The van der Waals surface area contributed by atoms with Crippen LogP contribution in [0.25, 0.3) is 0 Å². The Morgan fingerprint density at radius 2 is 1.75 bits per heavy atom. The molecule has 4 nitrogen and oxygen atoms in total. The van der Waals surface area contributed by atoms with E-state index in [0.29, 0.717) is 0 Å². The maximum absolute atomic E-state index is 11.8. The predicted molar refractivity (Wildman–Crippen MR) is 34.0 cm³/mol. The molecule has 0 saturated carbocycles. The SMILES string of the molecule is O=C(O)CCC(C(=O)O)C(F)F. The van der Waals surface area contributed by atoms with E-state index in [1.165, 1.54) is 0 Å². The minimum atomic E-state index is -3.01. The van der Waals surface area contributed by atoms with Crippen molar-refractivity contribution in [1.29, 1.82) is 0 Å². The Hall–Kier alpha value is -1.20. The van der Waals surface area contributed by atoms with E-state index in [4.69, 9.17) is 10.2 Å². The largest absolute Gasteiger partial charge is 0.481 e. The smallest absolute Gasteiger partial charge is 0.312 e. The first-order valence-corrected chi connectivity index (χ1v) is 3.18. The number of rotatable bonds is 5. The molecule has 12 heavy (non-hydrogen) atoms. The zero-order valence-electron chi connectivity index (χ0n) is 6.04. The molecule has 1 atom stereocenters. The summed E-state index contributed by atoms with van der Waals surface area (Å²) in [5, 5.41) is 16.3. The average Bonchev–Trinajstić information content (AvgIpc) is 1.84. The van der Waals surface area contributed by atoms with E-state index < -0.39 is 37.1 Å². The summed E-state index contributed by atoms with van der Waals surface area (Å²) in [6, 6.07) is 0. The molecule has 0 bridgehead atoms. The number of alkyl halides is 2. The van der Waals surface area contributed by atoms with Crippen LogP contribution in [-0.4, -0.2) is 28.6 Å². The van der Waals surface area contributed by atoms with Gasteiger partial charge in [-0.25, -0.2) is 8.78 Å². The fourth-order valence-corrected chi connectivity index (χ4v) is 0.636. The van der Waals surface area contributed by atoms with Gasteiger partial charge in [0, 0.05) is 6.42 Å². The first-order chi connectivity index (χ1) is 5.45. The molecule has 0 rings (SSSR count). The van der Waals surface area contributed by atoms with Gasteiger partial charge in [-0.2, -0.15) is 0 Å². The lowest BCUT2D eigenvalue weighted by atomic mass is 10.0. The fraction of sp³-hybridized carbons (Fsp3) is 0.667. The lowest BCUT2D eigenvalue weighted by molar-refractivity contribution is -0.148. The summed E-state index contributed by atoms with van der Waals surface area (Å²) in [6.07, 6.45) is -4.11. The Labute approximate surface area is 66.8 Å². The van der Waals surface area contributed by atoms with Gasteiger partial charge in [-0.3, -0.25) is 9.59 Å². The normalized spacial score (nSPS) is 12.9. The van der Waals surface area contributed by atoms with Crippen LogP contribution in [0.4, 0.5) is 8.78 Å². The maximum atomic E-state index is 11.8. The van der Waals surface area contributed by atoms with E-state index in [0.717, 1.165) is 0 Å². The van der Waals surface area contributed by atoms with E-state index in [1.807, 2.05) is 0 Å². The Morgan fingerprint density at radius 1 is 1.25 bits per heavy atom. The fourth-order valence-electron chi connectivity index (χ4n) is 0.636. The Bertz CT molecular complexity index is 180. The van der Waals surface area contributed by atoms with Gasteiger partial charge in [0.25, 0.3) is 6.43 Å². The standard InChI is InChI=1S/C6H8F2O4/c7-5(8)3(6(11)12)1-2-4(9)10/h3,5H,1-2H2,(H,9,10)(H,11,12). The summed E-state index contributed by atoms with van der Waals surface area (Å²) in [7, 11) is 0. The predicted octanol–water partition coefficient (Wildman–Crippen LogP) is 0.817. The van der Waals surface area contributed by atoms with Gasteiger partial charge in [-0.15, -0.1) is 0 Å². The quantitative estimate of drug-likeness (QED) is 0.659. The number of carbonyl (C=O) groups is 2. The highest BCUT2D eigenvalue weighted by Crippen LogP contribution is 2.16. The topological polar surface area (TPSA) is 74.6 Å². The highest BCUT2D eigenvalue weighted by molar-refractivity contribution is 5.72. The average molecular weight is 182 g/mol. The van der Waals surface area contributed by atoms with Crippen LogP contribution in [0, 0.1) is 5.92 Å². The van der Waals surface area contributed by atoms with E-state index in [9.17, 15) is 18.4 Å². The van der Waals surface area contributed by atoms with Crippen LogP contribution >= 0.6 is 0 Å². The number of carboxylic acids is 2. The van der Waals surface area contributed by atoms with Crippen LogP contribution in [0.15, 0.2) is 0 Å². The lowest BCUT2D eigenvalue weighted by Gasteiger charge is -2.08. The molecule has 0 radical (unpaired) electrons. The van der Waals surface area contributed by atoms with Gasteiger partial charge in [0.1, 0.15) is 5.92 Å². The summed E-state index contributed by atoms with van der Waals surface area (Å²) in [6.45, 7) is 0. The highest BCUT2D eigenvalue weighted by atomic mass is 19.3. The Morgan fingerprint density at radius 3 is 2.00 bits per heavy atom. The first-order valence-electron chi connectivity index (χ1n) is 3.18. The van der Waals surface area contributed by atoms with Crippen molar-refractivity contribution >= 4 is 11.9 Å². The van der Waals surface area contributed by atoms with Crippen molar-refractivity contribution in [2.45, 2.75) is 19.3 Å². The number of hydrogen-bond donors (Lipinski definition) is 2. The molecular formula is C6H8F2O4. The van der Waals surface area contributed by atoms with Crippen LogP contribution in [-0.2, 0) is 9.59 Å². The van der Waals surface area contributed by atoms with Gasteiger partial charge in [-0.1, -0.05) is 0 Å². The van der Waals surface area contributed by atoms with Crippen molar-refractivity contribution in [1.82, 2.24) is 0 Å². The maximum Gasteiger partial charge on any atom is 0.312 e.